The summed E-state index contributed by atoms with van der Waals surface area (Å²) in [5, 5.41) is 0. The van der Waals surface area contributed by atoms with Crippen LogP contribution in [0, 0.1) is 0 Å². The van der Waals surface area contributed by atoms with Crippen LogP contribution in [0.4, 0.5) is 0 Å². The highest BCUT2D eigenvalue weighted by atomic mass is 14.7. The van der Waals surface area contributed by atoms with E-state index in [1.807, 2.05) is 0 Å². The van der Waals surface area contributed by atoms with Crippen LogP contribution >= 0.6 is 0 Å². The zero-order chi connectivity index (χ0) is 18.2. The molecule has 1 heteroatoms. The van der Waals surface area contributed by atoms with Crippen LogP contribution in [0.1, 0.15) is 109 Å². The van der Waals surface area contributed by atoms with Crippen molar-refractivity contribution in [2.75, 3.05) is 0 Å². The molecular formula is C24H43N. The van der Waals surface area contributed by atoms with Gasteiger partial charge in [0.2, 0.25) is 0 Å². The lowest BCUT2D eigenvalue weighted by Gasteiger charge is -2.24. The van der Waals surface area contributed by atoms with Crippen molar-refractivity contribution in [3.8, 4) is 0 Å². The van der Waals surface area contributed by atoms with E-state index in [0.29, 0.717) is 0 Å². The molecule has 0 saturated carbocycles. The number of benzene rings is 1. The highest BCUT2D eigenvalue weighted by Gasteiger charge is 2.18. The van der Waals surface area contributed by atoms with Crippen LogP contribution in [-0.4, -0.2) is 5.54 Å². The van der Waals surface area contributed by atoms with Gasteiger partial charge in [0, 0.05) is 5.54 Å². The van der Waals surface area contributed by atoms with Gasteiger partial charge in [-0.25, -0.2) is 0 Å². The van der Waals surface area contributed by atoms with Crippen LogP contribution in [0.5, 0.6) is 0 Å². The third-order valence-corrected chi connectivity index (χ3v) is 5.30. The summed E-state index contributed by atoms with van der Waals surface area (Å²) in [5.41, 5.74) is 7.79. The van der Waals surface area contributed by atoms with Crippen molar-refractivity contribution in [3.05, 3.63) is 35.9 Å². The highest BCUT2D eigenvalue weighted by Crippen LogP contribution is 2.19. The first-order chi connectivity index (χ1) is 12.1. The Labute approximate surface area is 157 Å². The molecule has 0 aliphatic rings. The SMILES string of the molecule is CCCCCCCCCCCCCCCC(C)(N)Cc1ccccc1. The Bertz CT molecular complexity index is 396. The Balaban J connectivity index is 1.89. The lowest BCUT2D eigenvalue weighted by molar-refractivity contribution is 0.403. The monoisotopic (exact) mass is 345 g/mol. The van der Waals surface area contributed by atoms with Gasteiger partial charge in [0.15, 0.2) is 0 Å². The molecule has 1 atom stereocenters. The van der Waals surface area contributed by atoms with Gasteiger partial charge in [-0.2, -0.15) is 0 Å². The number of hydrogen-bond acceptors (Lipinski definition) is 1. The Morgan fingerprint density at radius 2 is 1.12 bits per heavy atom. The Kier molecular flexibility index (Phi) is 12.8. The molecule has 1 unspecified atom stereocenters. The van der Waals surface area contributed by atoms with E-state index in [4.69, 9.17) is 5.73 Å². The second-order valence-electron chi connectivity index (χ2n) is 8.31. The van der Waals surface area contributed by atoms with E-state index in [1.54, 1.807) is 0 Å². The molecule has 144 valence electrons. The Morgan fingerprint density at radius 1 is 0.680 bits per heavy atom. The first kappa shape index (κ1) is 22.2. The maximum atomic E-state index is 6.49. The quantitative estimate of drug-likeness (QED) is 0.310. The predicted octanol–water partition coefficient (Wildman–Crippen LogP) is 7.43. The minimum absolute atomic E-state index is 0.0564. The molecule has 2 N–H and O–H groups in total. The van der Waals surface area contributed by atoms with Gasteiger partial charge < -0.3 is 5.73 Å². The van der Waals surface area contributed by atoms with E-state index >= 15 is 0 Å². The van der Waals surface area contributed by atoms with Crippen molar-refractivity contribution >= 4 is 0 Å². The molecule has 0 saturated heterocycles. The van der Waals surface area contributed by atoms with Crippen molar-refractivity contribution in [2.45, 2.75) is 116 Å². The standard InChI is InChI=1S/C24H43N/c1-3-4-5-6-7-8-9-10-11-12-13-14-18-21-24(2,25)22-23-19-16-15-17-20-23/h15-17,19-20H,3-14,18,21-22,25H2,1-2H3. The number of hydrogen-bond donors (Lipinski definition) is 1. The molecule has 25 heavy (non-hydrogen) atoms. The van der Waals surface area contributed by atoms with Crippen molar-refractivity contribution in [3.63, 3.8) is 0 Å². The van der Waals surface area contributed by atoms with E-state index in [0.717, 1.165) is 12.8 Å². The summed E-state index contributed by atoms with van der Waals surface area (Å²) in [6.45, 7) is 4.50. The molecule has 0 bridgehead atoms. The maximum Gasteiger partial charge on any atom is 0.0166 e. The van der Waals surface area contributed by atoms with Crippen molar-refractivity contribution in [2.24, 2.45) is 5.73 Å². The Morgan fingerprint density at radius 3 is 1.60 bits per heavy atom. The lowest BCUT2D eigenvalue weighted by atomic mass is 9.88. The molecule has 0 amide bonds. The molecular weight excluding hydrogens is 302 g/mol. The fraction of sp³-hybridized carbons (Fsp3) is 0.750. The predicted molar refractivity (Wildman–Crippen MR) is 113 cm³/mol. The fourth-order valence-electron chi connectivity index (χ4n) is 3.70. The fourth-order valence-corrected chi connectivity index (χ4v) is 3.70. The molecule has 0 fully saturated rings. The zero-order valence-corrected chi connectivity index (χ0v) is 17.1. The van der Waals surface area contributed by atoms with Gasteiger partial charge in [-0.05, 0) is 25.3 Å². The van der Waals surface area contributed by atoms with Crippen molar-refractivity contribution in [1.82, 2.24) is 0 Å². The van der Waals surface area contributed by atoms with E-state index in [2.05, 4.69) is 44.2 Å². The summed E-state index contributed by atoms with van der Waals surface area (Å²) in [5.74, 6) is 0. The highest BCUT2D eigenvalue weighted by molar-refractivity contribution is 5.17. The lowest BCUT2D eigenvalue weighted by Crippen LogP contribution is -2.38. The van der Waals surface area contributed by atoms with Crippen LogP contribution in [-0.2, 0) is 6.42 Å². The average Bonchev–Trinajstić information content (AvgIpc) is 2.59. The summed E-state index contributed by atoms with van der Waals surface area (Å²) < 4.78 is 0. The number of rotatable bonds is 16. The molecule has 0 aliphatic carbocycles. The molecule has 1 aromatic rings. The summed E-state index contributed by atoms with van der Waals surface area (Å²) in [6, 6.07) is 10.7. The van der Waals surface area contributed by atoms with Crippen LogP contribution in [0.25, 0.3) is 0 Å². The molecule has 1 aromatic carbocycles. The van der Waals surface area contributed by atoms with Crippen molar-refractivity contribution < 1.29 is 0 Å². The smallest absolute Gasteiger partial charge is 0.0166 e. The molecule has 1 nitrogen and oxygen atoms in total. The largest absolute Gasteiger partial charge is 0.325 e. The second kappa shape index (κ2) is 14.4. The third-order valence-electron chi connectivity index (χ3n) is 5.30. The van der Waals surface area contributed by atoms with Crippen molar-refractivity contribution in [1.29, 1.82) is 0 Å². The van der Waals surface area contributed by atoms with Gasteiger partial charge in [-0.3, -0.25) is 0 Å². The van der Waals surface area contributed by atoms with Crippen LogP contribution in [0.2, 0.25) is 0 Å². The normalized spacial score (nSPS) is 13.7. The van der Waals surface area contributed by atoms with Crippen LogP contribution in [0.3, 0.4) is 0 Å². The van der Waals surface area contributed by atoms with E-state index in [1.165, 1.54) is 89.0 Å². The number of nitrogens with two attached hydrogens (primary N) is 1. The van der Waals surface area contributed by atoms with E-state index in [-0.39, 0.29) is 5.54 Å². The van der Waals surface area contributed by atoms with Gasteiger partial charge in [-0.1, -0.05) is 121 Å². The van der Waals surface area contributed by atoms with Gasteiger partial charge in [-0.15, -0.1) is 0 Å². The first-order valence-electron chi connectivity index (χ1n) is 11.0. The van der Waals surface area contributed by atoms with Gasteiger partial charge >= 0.3 is 0 Å². The van der Waals surface area contributed by atoms with Crippen LogP contribution < -0.4 is 5.73 Å². The molecule has 0 aromatic heterocycles. The minimum atomic E-state index is -0.0564. The van der Waals surface area contributed by atoms with Gasteiger partial charge in [0.1, 0.15) is 0 Å². The van der Waals surface area contributed by atoms with Gasteiger partial charge in [0.05, 0.1) is 0 Å². The summed E-state index contributed by atoms with van der Waals surface area (Å²) in [4.78, 5) is 0. The molecule has 0 heterocycles. The second-order valence-corrected chi connectivity index (χ2v) is 8.31. The van der Waals surface area contributed by atoms with Crippen LogP contribution in [0.15, 0.2) is 30.3 Å². The molecule has 0 radical (unpaired) electrons. The van der Waals surface area contributed by atoms with E-state index in [9.17, 15) is 0 Å². The van der Waals surface area contributed by atoms with Gasteiger partial charge in [0.25, 0.3) is 0 Å². The Hall–Kier alpha value is -0.820. The van der Waals surface area contributed by atoms with E-state index < -0.39 is 0 Å². The average molecular weight is 346 g/mol. The summed E-state index contributed by atoms with van der Waals surface area (Å²) >= 11 is 0. The summed E-state index contributed by atoms with van der Waals surface area (Å²) in [6.07, 6.45) is 20.5. The zero-order valence-electron chi connectivity index (χ0n) is 17.1. The topological polar surface area (TPSA) is 26.0 Å². The first-order valence-corrected chi connectivity index (χ1v) is 11.0. The molecule has 1 rings (SSSR count). The third kappa shape index (κ3) is 13.1. The maximum absolute atomic E-state index is 6.49. The number of unbranched alkanes of at least 4 members (excludes halogenated alkanes) is 12. The molecule has 0 aliphatic heterocycles. The summed E-state index contributed by atoms with van der Waals surface area (Å²) in [7, 11) is 0. The molecule has 0 spiro atoms. The minimum Gasteiger partial charge on any atom is -0.325 e.